The summed E-state index contributed by atoms with van der Waals surface area (Å²) in [5.74, 6) is 0.157. The number of nitriles is 1. The molecule has 1 amide bonds. The van der Waals surface area contributed by atoms with Gasteiger partial charge < -0.3 is 19.5 Å². The molecule has 0 bridgehead atoms. The standard InChI is InChI=1S/C27H32N2O5/c1-5-6-7-8-15-33-24-14-9-20(17-25(24)32-4)16-22(18-28)26(30)29-23-12-10-21(11-13-23)27(31)34-19(2)3/h9-14,16-17,19H,5-8,15H2,1-4H3,(H,29,30)/b22-16+. The summed E-state index contributed by atoms with van der Waals surface area (Å²) in [6.45, 7) is 6.31. The molecule has 180 valence electrons. The smallest absolute Gasteiger partial charge is 0.338 e. The van der Waals surface area contributed by atoms with Gasteiger partial charge in [-0.1, -0.05) is 32.3 Å². The van der Waals surface area contributed by atoms with E-state index in [0.29, 0.717) is 34.9 Å². The Hall–Kier alpha value is -3.79. The largest absolute Gasteiger partial charge is 0.493 e. The maximum absolute atomic E-state index is 12.6. The van der Waals surface area contributed by atoms with Crippen LogP contribution in [0.3, 0.4) is 0 Å². The third-order valence-corrected chi connectivity index (χ3v) is 4.84. The molecule has 0 fully saturated rings. The fourth-order valence-electron chi connectivity index (χ4n) is 3.09. The van der Waals surface area contributed by atoms with E-state index in [0.717, 1.165) is 19.3 Å². The van der Waals surface area contributed by atoms with Crippen molar-refractivity contribution in [1.82, 2.24) is 0 Å². The summed E-state index contributed by atoms with van der Waals surface area (Å²) >= 11 is 0. The second kappa shape index (κ2) is 13.7. The summed E-state index contributed by atoms with van der Waals surface area (Å²) < 4.78 is 16.4. The third kappa shape index (κ3) is 8.28. The number of carbonyl (C=O) groups is 2. The minimum atomic E-state index is -0.560. The number of benzene rings is 2. The Labute approximate surface area is 201 Å². The van der Waals surface area contributed by atoms with Gasteiger partial charge in [0.2, 0.25) is 0 Å². The van der Waals surface area contributed by atoms with Crippen molar-refractivity contribution in [2.75, 3.05) is 19.0 Å². The molecule has 2 aromatic rings. The molecule has 2 rings (SSSR count). The third-order valence-electron chi connectivity index (χ3n) is 4.84. The summed E-state index contributed by atoms with van der Waals surface area (Å²) in [6, 6.07) is 13.5. The van der Waals surface area contributed by atoms with E-state index < -0.39 is 11.9 Å². The van der Waals surface area contributed by atoms with Crippen LogP contribution < -0.4 is 14.8 Å². The predicted molar refractivity (Wildman–Crippen MR) is 132 cm³/mol. The number of nitrogens with zero attached hydrogens (tertiary/aromatic N) is 1. The van der Waals surface area contributed by atoms with Crippen molar-refractivity contribution in [2.24, 2.45) is 0 Å². The maximum atomic E-state index is 12.6. The number of unbranched alkanes of at least 4 members (excludes halogenated alkanes) is 3. The van der Waals surface area contributed by atoms with Crippen molar-refractivity contribution in [3.63, 3.8) is 0 Å². The van der Waals surface area contributed by atoms with Crippen LogP contribution in [0, 0.1) is 11.3 Å². The van der Waals surface area contributed by atoms with Crippen LogP contribution in [0.2, 0.25) is 0 Å². The van der Waals surface area contributed by atoms with Crippen LogP contribution in [0.15, 0.2) is 48.0 Å². The average molecular weight is 465 g/mol. The zero-order chi connectivity index (χ0) is 24.9. The van der Waals surface area contributed by atoms with Gasteiger partial charge in [-0.25, -0.2) is 4.79 Å². The molecule has 0 aliphatic rings. The van der Waals surface area contributed by atoms with E-state index in [4.69, 9.17) is 14.2 Å². The molecule has 0 spiro atoms. The monoisotopic (exact) mass is 464 g/mol. The molecular weight excluding hydrogens is 432 g/mol. The van der Waals surface area contributed by atoms with Gasteiger partial charge in [0, 0.05) is 5.69 Å². The maximum Gasteiger partial charge on any atom is 0.338 e. The Bertz CT molecular complexity index is 1040. The molecule has 7 heteroatoms. The summed E-state index contributed by atoms with van der Waals surface area (Å²) in [5, 5.41) is 12.2. The van der Waals surface area contributed by atoms with Gasteiger partial charge >= 0.3 is 5.97 Å². The Morgan fingerprint density at radius 3 is 2.41 bits per heavy atom. The van der Waals surface area contributed by atoms with Crippen molar-refractivity contribution < 1.29 is 23.8 Å². The molecule has 34 heavy (non-hydrogen) atoms. The molecule has 0 unspecified atom stereocenters. The van der Waals surface area contributed by atoms with E-state index in [9.17, 15) is 14.9 Å². The fourth-order valence-corrected chi connectivity index (χ4v) is 3.09. The van der Waals surface area contributed by atoms with Crippen LogP contribution in [-0.2, 0) is 9.53 Å². The SMILES string of the molecule is CCCCCCOc1ccc(/C=C(\C#N)C(=O)Nc2ccc(C(=O)OC(C)C)cc2)cc1OC. The fraction of sp³-hybridized carbons (Fsp3) is 0.370. The topological polar surface area (TPSA) is 97.7 Å². The van der Waals surface area contributed by atoms with Gasteiger partial charge in [0.1, 0.15) is 11.6 Å². The molecule has 0 aromatic heterocycles. The molecular formula is C27H32N2O5. The normalized spacial score (nSPS) is 11.0. The van der Waals surface area contributed by atoms with Crippen molar-refractivity contribution in [1.29, 1.82) is 5.26 Å². The van der Waals surface area contributed by atoms with Crippen LogP contribution in [0.25, 0.3) is 6.08 Å². The first-order valence-corrected chi connectivity index (χ1v) is 11.4. The molecule has 2 aromatic carbocycles. The quantitative estimate of drug-likeness (QED) is 0.185. The van der Waals surface area contributed by atoms with Gasteiger partial charge in [-0.15, -0.1) is 0 Å². The van der Waals surface area contributed by atoms with Gasteiger partial charge in [0.25, 0.3) is 5.91 Å². The number of amides is 1. The van der Waals surface area contributed by atoms with Crippen LogP contribution in [0.4, 0.5) is 5.69 Å². The lowest BCUT2D eigenvalue weighted by molar-refractivity contribution is -0.112. The summed E-state index contributed by atoms with van der Waals surface area (Å²) in [6.07, 6.45) is 5.69. The first kappa shape index (κ1) is 26.5. The molecule has 0 saturated carbocycles. The number of hydrogen-bond donors (Lipinski definition) is 1. The highest BCUT2D eigenvalue weighted by Gasteiger charge is 2.13. The molecule has 0 atom stereocenters. The number of esters is 1. The lowest BCUT2D eigenvalue weighted by Crippen LogP contribution is -2.14. The first-order valence-electron chi connectivity index (χ1n) is 11.4. The van der Waals surface area contributed by atoms with Gasteiger partial charge in [-0.05, 0) is 68.3 Å². The van der Waals surface area contributed by atoms with Crippen LogP contribution in [0.5, 0.6) is 11.5 Å². The Balaban J connectivity index is 2.06. The molecule has 0 aliphatic carbocycles. The van der Waals surface area contributed by atoms with E-state index in [1.165, 1.54) is 12.5 Å². The van der Waals surface area contributed by atoms with Crippen molar-refractivity contribution >= 4 is 23.6 Å². The summed E-state index contributed by atoms with van der Waals surface area (Å²) in [4.78, 5) is 24.6. The summed E-state index contributed by atoms with van der Waals surface area (Å²) in [5.41, 5.74) is 1.39. The van der Waals surface area contributed by atoms with Gasteiger partial charge in [-0.2, -0.15) is 5.26 Å². The average Bonchev–Trinajstić information content (AvgIpc) is 2.82. The Morgan fingerprint density at radius 1 is 1.06 bits per heavy atom. The minimum Gasteiger partial charge on any atom is -0.493 e. The van der Waals surface area contributed by atoms with E-state index >= 15 is 0 Å². The number of carbonyl (C=O) groups excluding carboxylic acids is 2. The molecule has 0 radical (unpaired) electrons. The van der Waals surface area contributed by atoms with E-state index in [2.05, 4.69) is 12.2 Å². The lowest BCUT2D eigenvalue weighted by Gasteiger charge is -2.11. The number of ether oxygens (including phenoxy) is 3. The highest BCUT2D eigenvalue weighted by Crippen LogP contribution is 2.29. The highest BCUT2D eigenvalue weighted by atomic mass is 16.5. The number of hydrogen-bond acceptors (Lipinski definition) is 6. The van der Waals surface area contributed by atoms with Gasteiger partial charge in [0.15, 0.2) is 11.5 Å². The zero-order valence-electron chi connectivity index (χ0n) is 20.2. The highest BCUT2D eigenvalue weighted by molar-refractivity contribution is 6.09. The van der Waals surface area contributed by atoms with E-state index in [-0.39, 0.29) is 11.7 Å². The summed E-state index contributed by atoms with van der Waals surface area (Å²) in [7, 11) is 1.55. The van der Waals surface area contributed by atoms with Gasteiger partial charge in [0.05, 0.1) is 25.4 Å². The number of methoxy groups -OCH3 is 1. The number of anilines is 1. The van der Waals surface area contributed by atoms with E-state index in [1.54, 1.807) is 63.4 Å². The Morgan fingerprint density at radius 2 is 1.79 bits per heavy atom. The first-order chi connectivity index (χ1) is 16.4. The molecule has 0 saturated heterocycles. The molecule has 1 N–H and O–H groups in total. The molecule has 0 aliphatic heterocycles. The molecule has 0 heterocycles. The van der Waals surface area contributed by atoms with Crippen molar-refractivity contribution in [3.05, 3.63) is 59.2 Å². The van der Waals surface area contributed by atoms with E-state index in [1.807, 2.05) is 6.07 Å². The second-order valence-electron chi connectivity index (χ2n) is 7.97. The van der Waals surface area contributed by atoms with Crippen LogP contribution in [0.1, 0.15) is 62.4 Å². The minimum absolute atomic E-state index is 0.0708. The number of rotatable bonds is 12. The number of nitrogens with one attached hydrogen (secondary N) is 1. The Kier molecular flexibility index (Phi) is 10.7. The predicted octanol–water partition coefficient (Wildman–Crippen LogP) is 5.77. The molecule has 7 nitrogen and oxygen atoms in total. The van der Waals surface area contributed by atoms with Crippen molar-refractivity contribution in [2.45, 2.75) is 52.6 Å². The zero-order valence-corrected chi connectivity index (χ0v) is 20.2. The van der Waals surface area contributed by atoms with Crippen LogP contribution >= 0.6 is 0 Å². The second-order valence-corrected chi connectivity index (χ2v) is 7.97. The van der Waals surface area contributed by atoms with Gasteiger partial charge in [-0.3, -0.25) is 4.79 Å². The van der Waals surface area contributed by atoms with Crippen LogP contribution in [-0.4, -0.2) is 31.7 Å². The van der Waals surface area contributed by atoms with Crippen molar-refractivity contribution in [3.8, 4) is 17.6 Å². The lowest BCUT2D eigenvalue weighted by atomic mass is 10.1.